The van der Waals surface area contributed by atoms with Crippen molar-refractivity contribution in [2.24, 2.45) is 11.7 Å². The van der Waals surface area contributed by atoms with Crippen molar-refractivity contribution in [3.05, 3.63) is 29.3 Å². The fourth-order valence-electron chi connectivity index (χ4n) is 1.78. The lowest BCUT2D eigenvalue weighted by Crippen LogP contribution is -2.43. The number of amides is 1. The van der Waals surface area contributed by atoms with E-state index in [0.29, 0.717) is 19.8 Å². The number of nitrogens with two attached hydrogens (primary N) is 1. The molecule has 0 aliphatic rings. The molecule has 0 saturated heterocycles. The number of aryl methyl sites for hydroxylation is 1. The molecule has 0 unspecified atom stereocenters. The first-order valence-corrected chi connectivity index (χ1v) is 7.20. The van der Waals surface area contributed by atoms with Crippen LogP contribution in [0.25, 0.3) is 0 Å². The minimum atomic E-state index is -0.492. The maximum absolute atomic E-state index is 11.9. The Morgan fingerprint density at radius 2 is 2.05 bits per heavy atom. The highest BCUT2D eigenvalue weighted by atomic mass is 16.5. The Bertz CT molecular complexity index is 461. The molecule has 1 atom stereocenters. The number of rotatable bonds is 8. The minimum Gasteiger partial charge on any atom is -0.491 e. The van der Waals surface area contributed by atoms with E-state index in [4.69, 9.17) is 15.2 Å². The van der Waals surface area contributed by atoms with Gasteiger partial charge in [-0.2, -0.15) is 0 Å². The number of benzene rings is 1. The number of hydrogen-bond donors (Lipinski definition) is 2. The first kappa shape index (κ1) is 17.5. The molecule has 3 N–H and O–H groups in total. The third-order valence-corrected chi connectivity index (χ3v) is 3.24. The molecule has 5 heteroatoms. The molecule has 1 rings (SSSR count). The van der Waals surface area contributed by atoms with Gasteiger partial charge in [0.05, 0.1) is 12.6 Å². The Kier molecular flexibility index (Phi) is 7.19. The van der Waals surface area contributed by atoms with Gasteiger partial charge in [0, 0.05) is 19.2 Å². The largest absolute Gasteiger partial charge is 0.491 e. The molecule has 0 aromatic heterocycles. The second-order valence-electron chi connectivity index (χ2n) is 5.44. The standard InChI is InChI=1S/C16H26N2O3/c1-11(2)15(17)16(19)18-10-13-6-5-12(3)9-14(13)21-8-7-20-4/h5-6,9,11,15H,7-8,10,17H2,1-4H3,(H,18,19)/t15-/m0/s1. The van der Waals surface area contributed by atoms with Crippen LogP contribution in [0.2, 0.25) is 0 Å². The maximum atomic E-state index is 11.9. The summed E-state index contributed by atoms with van der Waals surface area (Å²) < 4.78 is 10.7. The van der Waals surface area contributed by atoms with Gasteiger partial charge in [0.1, 0.15) is 12.4 Å². The second kappa shape index (κ2) is 8.64. The smallest absolute Gasteiger partial charge is 0.237 e. The van der Waals surface area contributed by atoms with E-state index in [2.05, 4.69) is 5.32 Å². The van der Waals surface area contributed by atoms with E-state index < -0.39 is 6.04 Å². The van der Waals surface area contributed by atoms with Crippen LogP contribution in [0.3, 0.4) is 0 Å². The highest BCUT2D eigenvalue weighted by molar-refractivity contribution is 5.81. The molecular formula is C16H26N2O3. The summed E-state index contributed by atoms with van der Waals surface area (Å²) in [6.07, 6.45) is 0. The van der Waals surface area contributed by atoms with Gasteiger partial charge in [-0.3, -0.25) is 4.79 Å². The SMILES string of the molecule is COCCOc1cc(C)ccc1CNC(=O)[C@@H](N)C(C)C. The summed E-state index contributed by atoms with van der Waals surface area (Å²) in [7, 11) is 1.63. The monoisotopic (exact) mass is 294 g/mol. The number of carbonyl (C=O) groups is 1. The fourth-order valence-corrected chi connectivity index (χ4v) is 1.78. The van der Waals surface area contributed by atoms with Crippen LogP contribution < -0.4 is 15.8 Å². The Hall–Kier alpha value is -1.59. The fraction of sp³-hybridized carbons (Fsp3) is 0.562. The summed E-state index contributed by atoms with van der Waals surface area (Å²) in [5, 5.41) is 2.86. The molecule has 118 valence electrons. The van der Waals surface area contributed by atoms with Crippen molar-refractivity contribution in [2.45, 2.75) is 33.4 Å². The van der Waals surface area contributed by atoms with Crippen LogP contribution >= 0.6 is 0 Å². The van der Waals surface area contributed by atoms with E-state index in [1.54, 1.807) is 7.11 Å². The van der Waals surface area contributed by atoms with Crippen molar-refractivity contribution >= 4 is 5.91 Å². The molecule has 0 saturated carbocycles. The Morgan fingerprint density at radius 3 is 2.67 bits per heavy atom. The average molecular weight is 294 g/mol. The molecule has 0 spiro atoms. The minimum absolute atomic E-state index is 0.112. The number of methoxy groups -OCH3 is 1. The van der Waals surface area contributed by atoms with Crippen LogP contribution in [0.15, 0.2) is 18.2 Å². The van der Waals surface area contributed by atoms with Gasteiger partial charge in [-0.05, 0) is 24.5 Å². The first-order valence-electron chi connectivity index (χ1n) is 7.20. The molecule has 0 radical (unpaired) electrons. The average Bonchev–Trinajstić information content (AvgIpc) is 2.45. The predicted molar refractivity (Wildman–Crippen MR) is 83.2 cm³/mol. The van der Waals surface area contributed by atoms with Crippen molar-refractivity contribution in [1.29, 1.82) is 0 Å². The van der Waals surface area contributed by atoms with E-state index in [9.17, 15) is 4.79 Å². The highest BCUT2D eigenvalue weighted by Crippen LogP contribution is 2.20. The highest BCUT2D eigenvalue weighted by Gasteiger charge is 2.17. The van der Waals surface area contributed by atoms with Gasteiger partial charge in [0.15, 0.2) is 0 Å². The van der Waals surface area contributed by atoms with Gasteiger partial charge in [0.2, 0.25) is 5.91 Å². The van der Waals surface area contributed by atoms with Gasteiger partial charge >= 0.3 is 0 Å². The molecule has 1 aromatic rings. The zero-order valence-electron chi connectivity index (χ0n) is 13.3. The summed E-state index contributed by atoms with van der Waals surface area (Å²) in [4.78, 5) is 11.9. The number of carbonyl (C=O) groups excluding carboxylic acids is 1. The zero-order valence-corrected chi connectivity index (χ0v) is 13.3. The van der Waals surface area contributed by atoms with Crippen molar-refractivity contribution in [3.63, 3.8) is 0 Å². The molecule has 5 nitrogen and oxygen atoms in total. The van der Waals surface area contributed by atoms with Crippen molar-refractivity contribution in [1.82, 2.24) is 5.32 Å². The Balaban J connectivity index is 2.67. The van der Waals surface area contributed by atoms with E-state index in [0.717, 1.165) is 16.9 Å². The van der Waals surface area contributed by atoms with Crippen LogP contribution in [0.4, 0.5) is 0 Å². The summed E-state index contributed by atoms with van der Waals surface area (Å²) in [5.41, 5.74) is 7.86. The molecular weight excluding hydrogens is 268 g/mol. The van der Waals surface area contributed by atoms with Crippen LogP contribution in [0.5, 0.6) is 5.75 Å². The number of hydrogen-bond acceptors (Lipinski definition) is 4. The molecule has 21 heavy (non-hydrogen) atoms. The van der Waals surface area contributed by atoms with Gasteiger partial charge < -0.3 is 20.5 Å². The van der Waals surface area contributed by atoms with Gasteiger partial charge in [-0.25, -0.2) is 0 Å². The van der Waals surface area contributed by atoms with E-state index in [-0.39, 0.29) is 11.8 Å². The lowest BCUT2D eigenvalue weighted by Gasteiger charge is -2.17. The van der Waals surface area contributed by atoms with E-state index >= 15 is 0 Å². The van der Waals surface area contributed by atoms with Crippen LogP contribution in [-0.4, -0.2) is 32.3 Å². The predicted octanol–water partition coefficient (Wildman–Crippen LogP) is 1.62. The third-order valence-electron chi connectivity index (χ3n) is 3.24. The summed E-state index contributed by atoms with van der Waals surface area (Å²) in [6.45, 7) is 7.26. The first-order chi connectivity index (χ1) is 9.95. The summed E-state index contributed by atoms with van der Waals surface area (Å²) in [6, 6.07) is 5.42. The molecule has 0 heterocycles. The van der Waals surface area contributed by atoms with Crippen molar-refractivity contribution in [3.8, 4) is 5.75 Å². The zero-order chi connectivity index (χ0) is 15.8. The quantitative estimate of drug-likeness (QED) is 0.715. The summed E-state index contributed by atoms with van der Waals surface area (Å²) in [5.74, 6) is 0.735. The Labute approximate surface area is 126 Å². The molecule has 1 aromatic carbocycles. The Morgan fingerprint density at radius 1 is 1.33 bits per heavy atom. The topological polar surface area (TPSA) is 73.6 Å². The van der Waals surface area contributed by atoms with E-state index in [1.807, 2.05) is 39.0 Å². The molecule has 1 amide bonds. The third kappa shape index (κ3) is 5.73. The van der Waals surface area contributed by atoms with Crippen molar-refractivity contribution < 1.29 is 14.3 Å². The van der Waals surface area contributed by atoms with Gasteiger partial charge in [-0.15, -0.1) is 0 Å². The van der Waals surface area contributed by atoms with Gasteiger partial charge in [-0.1, -0.05) is 26.0 Å². The van der Waals surface area contributed by atoms with Crippen LogP contribution in [0, 0.1) is 12.8 Å². The lowest BCUT2D eigenvalue weighted by molar-refractivity contribution is -0.123. The number of nitrogens with one attached hydrogen (secondary N) is 1. The normalized spacial score (nSPS) is 12.3. The van der Waals surface area contributed by atoms with Crippen LogP contribution in [-0.2, 0) is 16.1 Å². The molecule has 0 bridgehead atoms. The molecule has 0 fully saturated rings. The molecule has 0 aliphatic heterocycles. The number of ether oxygens (including phenoxy) is 2. The van der Waals surface area contributed by atoms with Crippen LogP contribution in [0.1, 0.15) is 25.0 Å². The lowest BCUT2D eigenvalue weighted by atomic mass is 10.0. The van der Waals surface area contributed by atoms with E-state index in [1.165, 1.54) is 0 Å². The molecule has 0 aliphatic carbocycles. The second-order valence-corrected chi connectivity index (χ2v) is 5.44. The maximum Gasteiger partial charge on any atom is 0.237 e. The van der Waals surface area contributed by atoms with Gasteiger partial charge in [0.25, 0.3) is 0 Å². The van der Waals surface area contributed by atoms with Crippen molar-refractivity contribution in [2.75, 3.05) is 20.3 Å². The summed E-state index contributed by atoms with van der Waals surface area (Å²) >= 11 is 0.